The molecule has 0 radical (unpaired) electrons. The van der Waals surface area contributed by atoms with Gasteiger partial charge in [0.05, 0.1) is 29.7 Å². The number of carbonyl (C=O) groups excluding carboxylic acids is 1. The Hall–Kier alpha value is -2.33. The number of rotatable bonds is 4. The van der Waals surface area contributed by atoms with Crippen LogP contribution in [0.2, 0.25) is 0 Å². The van der Waals surface area contributed by atoms with Gasteiger partial charge in [0.15, 0.2) is 11.6 Å². The van der Waals surface area contributed by atoms with Crippen LogP contribution in [-0.2, 0) is 16.1 Å². The van der Waals surface area contributed by atoms with Gasteiger partial charge in [-0.1, -0.05) is 0 Å². The first-order valence-corrected chi connectivity index (χ1v) is 9.68. The van der Waals surface area contributed by atoms with Gasteiger partial charge in [-0.3, -0.25) is 4.79 Å². The molecule has 1 aromatic heterocycles. The van der Waals surface area contributed by atoms with Gasteiger partial charge in [0, 0.05) is 38.9 Å². The lowest BCUT2D eigenvalue weighted by molar-refractivity contribution is -0.132. The molecule has 3 heterocycles. The van der Waals surface area contributed by atoms with Gasteiger partial charge in [-0.2, -0.15) is 0 Å². The summed E-state index contributed by atoms with van der Waals surface area (Å²) >= 11 is 0. The third kappa shape index (κ3) is 3.78. The average Bonchev–Trinajstić information content (AvgIpc) is 3.33. The van der Waals surface area contributed by atoms with Crippen molar-refractivity contribution in [1.82, 2.24) is 14.5 Å². The van der Waals surface area contributed by atoms with Crippen molar-refractivity contribution in [3.05, 3.63) is 23.8 Å². The second-order valence-electron chi connectivity index (χ2n) is 7.69. The van der Waals surface area contributed by atoms with E-state index < -0.39 is 23.8 Å². The fourth-order valence-electron chi connectivity index (χ4n) is 3.92. The monoisotopic (exact) mass is 411 g/mol. The number of hydrogen-bond donors (Lipinski definition) is 1. The first-order valence-electron chi connectivity index (χ1n) is 9.68. The summed E-state index contributed by atoms with van der Waals surface area (Å²) in [7, 11) is 1.70. The summed E-state index contributed by atoms with van der Waals surface area (Å²) in [6, 6.07) is 1.32. The first-order chi connectivity index (χ1) is 13.8. The maximum Gasteiger partial charge on any atom is 0.242 e. The number of carbonyl (C=O) groups is 1. The number of piperidine rings is 1. The summed E-state index contributed by atoms with van der Waals surface area (Å²) in [5.74, 6) is -1.87. The van der Waals surface area contributed by atoms with Crippen molar-refractivity contribution in [3.63, 3.8) is 0 Å². The zero-order chi connectivity index (χ0) is 20.7. The summed E-state index contributed by atoms with van der Waals surface area (Å²) in [6.45, 7) is 1.52. The summed E-state index contributed by atoms with van der Waals surface area (Å²) in [5.41, 5.74) is 6.40. The van der Waals surface area contributed by atoms with Gasteiger partial charge in [0.25, 0.3) is 0 Å². The summed E-state index contributed by atoms with van der Waals surface area (Å²) in [5, 5.41) is 0. The van der Waals surface area contributed by atoms with Gasteiger partial charge >= 0.3 is 0 Å². The zero-order valence-corrected chi connectivity index (χ0v) is 16.2. The number of ether oxygens (including phenoxy) is 1. The van der Waals surface area contributed by atoms with Crippen molar-refractivity contribution in [2.45, 2.75) is 37.6 Å². The molecule has 1 amide bonds. The number of amides is 1. The number of anilines is 1. The van der Waals surface area contributed by atoms with E-state index in [4.69, 9.17) is 10.5 Å². The molecule has 158 valence electrons. The first kappa shape index (κ1) is 20.0. The largest absolute Gasteiger partial charge is 0.379 e. The molecule has 2 aliphatic rings. The molecule has 2 N–H and O–H groups in total. The lowest BCUT2D eigenvalue weighted by Gasteiger charge is -2.34. The van der Waals surface area contributed by atoms with Gasteiger partial charge in [0.1, 0.15) is 12.7 Å². The summed E-state index contributed by atoms with van der Waals surface area (Å²) < 4.78 is 48.4. The van der Waals surface area contributed by atoms with E-state index in [0.29, 0.717) is 31.2 Å². The number of hydrogen-bond acceptors (Lipinski definition) is 5. The van der Waals surface area contributed by atoms with Crippen LogP contribution in [0.4, 0.5) is 19.1 Å². The normalized spacial score (nSPS) is 25.0. The molecule has 7 nitrogen and oxygen atoms in total. The van der Waals surface area contributed by atoms with Crippen molar-refractivity contribution in [2.75, 3.05) is 38.3 Å². The van der Waals surface area contributed by atoms with E-state index in [1.54, 1.807) is 21.4 Å². The Balaban J connectivity index is 1.69. The highest BCUT2D eigenvalue weighted by Gasteiger charge is 2.31. The highest BCUT2D eigenvalue weighted by molar-refractivity contribution is 5.83. The zero-order valence-electron chi connectivity index (χ0n) is 16.2. The Bertz CT molecular complexity index is 915. The standard InChI is InChI=1S/C19H24F3N5O2/c1-25(11-3-5-29-10-11)18(28)9-27-17-7-14(22)13(21)6-16(17)24-19(27)26-4-2-12(20)15(23)8-26/h6-7,11-12,15H,2-5,8-10,23H2,1H3/t11?,12-,15-/m1/s1. The number of nitrogens with zero attached hydrogens (tertiary/aromatic N) is 4. The molecule has 3 atom stereocenters. The molecule has 0 bridgehead atoms. The SMILES string of the molecule is CN(C(=O)Cn1c(N2CC[C@@H](F)[C@H](N)C2)nc2cc(F)c(F)cc21)C1CCOC1. The Morgan fingerprint density at radius 3 is 2.79 bits per heavy atom. The third-order valence-corrected chi connectivity index (χ3v) is 5.76. The second-order valence-corrected chi connectivity index (χ2v) is 7.69. The molecule has 2 aliphatic heterocycles. The molecule has 2 fully saturated rings. The molecular weight excluding hydrogens is 387 g/mol. The maximum absolute atomic E-state index is 13.9. The van der Waals surface area contributed by atoms with Gasteiger partial charge in [0.2, 0.25) is 11.9 Å². The molecule has 0 aliphatic carbocycles. The molecule has 2 aromatic rings. The minimum absolute atomic E-state index is 0.0226. The van der Waals surface area contributed by atoms with Crippen LogP contribution in [0.15, 0.2) is 12.1 Å². The van der Waals surface area contributed by atoms with Crippen LogP contribution < -0.4 is 10.6 Å². The van der Waals surface area contributed by atoms with Crippen molar-refractivity contribution in [2.24, 2.45) is 5.73 Å². The number of likely N-dealkylation sites (N-methyl/N-ethyl adjacent to an activating group) is 1. The number of imidazole rings is 1. The number of nitrogens with two attached hydrogens (primary N) is 1. The molecule has 0 saturated carbocycles. The lowest BCUT2D eigenvalue weighted by atomic mass is 10.1. The Labute approximate surface area is 166 Å². The van der Waals surface area contributed by atoms with Crippen molar-refractivity contribution in [1.29, 1.82) is 0 Å². The van der Waals surface area contributed by atoms with E-state index in [1.165, 1.54) is 0 Å². The lowest BCUT2D eigenvalue weighted by Crippen LogP contribution is -2.50. The van der Waals surface area contributed by atoms with Crippen LogP contribution in [0.3, 0.4) is 0 Å². The summed E-state index contributed by atoms with van der Waals surface area (Å²) in [4.78, 5) is 20.7. The minimum Gasteiger partial charge on any atom is -0.379 e. The number of alkyl halides is 1. The average molecular weight is 411 g/mol. The van der Waals surface area contributed by atoms with Crippen LogP contribution in [-0.4, -0.2) is 72.0 Å². The molecule has 10 heteroatoms. The van der Waals surface area contributed by atoms with E-state index in [0.717, 1.165) is 18.6 Å². The Morgan fingerprint density at radius 1 is 1.34 bits per heavy atom. The van der Waals surface area contributed by atoms with E-state index in [1.807, 2.05) is 0 Å². The summed E-state index contributed by atoms with van der Waals surface area (Å²) in [6.07, 6.45) is -0.146. The predicted octanol–water partition coefficient (Wildman–Crippen LogP) is 1.44. The van der Waals surface area contributed by atoms with Crippen LogP contribution >= 0.6 is 0 Å². The van der Waals surface area contributed by atoms with Crippen molar-refractivity contribution in [3.8, 4) is 0 Å². The van der Waals surface area contributed by atoms with E-state index in [9.17, 15) is 18.0 Å². The smallest absolute Gasteiger partial charge is 0.242 e. The van der Waals surface area contributed by atoms with Gasteiger partial charge in [-0.25, -0.2) is 18.2 Å². The Kier molecular flexibility index (Phi) is 5.39. The number of fused-ring (bicyclic) bond motifs is 1. The fraction of sp³-hybridized carbons (Fsp3) is 0.579. The molecule has 2 saturated heterocycles. The minimum atomic E-state index is -1.12. The van der Waals surface area contributed by atoms with Crippen molar-refractivity contribution < 1.29 is 22.7 Å². The molecule has 1 unspecified atom stereocenters. The molecular formula is C19H24F3N5O2. The fourth-order valence-corrected chi connectivity index (χ4v) is 3.92. The van der Waals surface area contributed by atoms with Gasteiger partial charge < -0.3 is 24.8 Å². The molecule has 4 rings (SSSR count). The number of benzene rings is 1. The highest BCUT2D eigenvalue weighted by atomic mass is 19.2. The third-order valence-electron chi connectivity index (χ3n) is 5.76. The number of aromatic nitrogens is 2. The topological polar surface area (TPSA) is 76.6 Å². The van der Waals surface area contributed by atoms with Gasteiger partial charge in [-0.15, -0.1) is 0 Å². The molecule has 0 spiro atoms. The van der Waals surface area contributed by atoms with E-state index in [-0.39, 0.29) is 37.0 Å². The maximum atomic E-state index is 13.9. The predicted molar refractivity (Wildman–Crippen MR) is 101 cm³/mol. The molecule has 29 heavy (non-hydrogen) atoms. The van der Waals surface area contributed by atoms with Crippen LogP contribution in [0, 0.1) is 11.6 Å². The highest BCUT2D eigenvalue weighted by Crippen LogP contribution is 2.28. The van der Waals surface area contributed by atoms with Crippen LogP contribution in [0.25, 0.3) is 11.0 Å². The van der Waals surface area contributed by atoms with Crippen molar-refractivity contribution >= 4 is 22.9 Å². The number of halogens is 3. The second kappa shape index (κ2) is 7.83. The van der Waals surface area contributed by atoms with Gasteiger partial charge in [-0.05, 0) is 12.8 Å². The van der Waals surface area contributed by atoms with E-state index in [2.05, 4.69) is 4.98 Å². The van der Waals surface area contributed by atoms with Crippen LogP contribution in [0.5, 0.6) is 0 Å². The quantitative estimate of drug-likeness (QED) is 0.824. The molecule has 1 aromatic carbocycles. The Morgan fingerprint density at radius 2 is 2.10 bits per heavy atom. The van der Waals surface area contributed by atoms with Crippen LogP contribution in [0.1, 0.15) is 12.8 Å². The van der Waals surface area contributed by atoms with E-state index >= 15 is 0 Å².